The van der Waals surface area contributed by atoms with Gasteiger partial charge >= 0.3 is 0 Å². The zero-order chi connectivity index (χ0) is 13.3. The molecule has 0 unspecified atom stereocenters. The molecule has 1 aromatic carbocycles. The first-order valence-corrected chi connectivity index (χ1v) is 6.71. The van der Waals surface area contributed by atoms with Crippen molar-refractivity contribution in [2.75, 3.05) is 4.72 Å². The molecule has 1 aromatic heterocycles. The Bertz CT molecular complexity index is 677. The standard InChI is InChI=1S/C11H13N3O3S/c1-7-5-9(15)3-4-10(7)14-18(16,17)11-6-12-8(2)13-11/h3-6,14-15H,1-2H3,(H,12,13). The minimum atomic E-state index is -3.68. The molecule has 0 atom stereocenters. The van der Waals surface area contributed by atoms with E-state index in [0.717, 1.165) is 0 Å². The molecule has 3 N–H and O–H groups in total. The Labute approximate surface area is 105 Å². The minimum absolute atomic E-state index is 0.00692. The van der Waals surface area contributed by atoms with Gasteiger partial charge in [-0.15, -0.1) is 0 Å². The molecule has 0 saturated heterocycles. The molecule has 7 heteroatoms. The van der Waals surface area contributed by atoms with Crippen molar-refractivity contribution in [2.24, 2.45) is 0 Å². The quantitative estimate of drug-likeness (QED) is 0.735. The molecule has 2 rings (SSSR count). The number of hydrogen-bond donors (Lipinski definition) is 3. The third-order valence-electron chi connectivity index (χ3n) is 2.42. The number of aryl methyl sites for hydroxylation is 2. The monoisotopic (exact) mass is 267 g/mol. The first kappa shape index (κ1) is 12.4. The fraction of sp³-hybridized carbons (Fsp3) is 0.182. The number of rotatable bonds is 3. The number of H-pyrrole nitrogens is 1. The predicted molar refractivity (Wildman–Crippen MR) is 67.0 cm³/mol. The molecule has 0 saturated carbocycles. The van der Waals surface area contributed by atoms with Crippen molar-refractivity contribution in [3.63, 3.8) is 0 Å². The Kier molecular flexibility index (Phi) is 3.00. The first-order valence-electron chi connectivity index (χ1n) is 5.22. The Balaban J connectivity index is 2.33. The summed E-state index contributed by atoms with van der Waals surface area (Å²) in [4.78, 5) is 6.50. The molecule has 0 radical (unpaired) electrons. The van der Waals surface area contributed by atoms with Gasteiger partial charge in [-0.05, 0) is 37.6 Å². The molecule has 0 aliphatic rings. The van der Waals surface area contributed by atoms with Crippen molar-refractivity contribution in [1.82, 2.24) is 9.97 Å². The summed E-state index contributed by atoms with van der Waals surface area (Å²) >= 11 is 0. The molecule has 1 heterocycles. The molecule has 96 valence electrons. The van der Waals surface area contributed by atoms with Crippen molar-refractivity contribution in [2.45, 2.75) is 18.9 Å². The Morgan fingerprint density at radius 2 is 2.06 bits per heavy atom. The number of phenols is 1. The second-order valence-corrected chi connectivity index (χ2v) is 5.59. The number of sulfonamides is 1. The van der Waals surface area contributed by atoms with Gasteiger partial charge in [0.1, 0.15) is 11.6 Å². The predicted octanol–water partition coefficient (Wildman–Crippen LogP) is 1.53. The SMILES string of the molecule is Cc1ncc(S(=O)(=O)Nc2ccc(O)cc2C)[nH]1. The number of phenolic OH excluding ortho intramolecular Hbond substituents is 1. The van der Waals surface area contributed by atoms with Crippen LogP contribution in [-0.4, -0.2) is 23.5 Å². The Morgan fingerprint density at radius 1 is 1.33 bits per heavy atom. The number of aromatic nitrogens is 2. The van der Waals surface area contributed by atoms with E-state index in [1.54, 1.807) is 13.8 Å². The number of imidazole rings is 1. The highest BCUT2D eigenvalue weighted by Gasteiger charge is 2.17. The molecular formula is C11H13N3O3S. The minimum Gasteiger partial charge on any atom is -0.508 e. The molecular weight excluding hydrogens is 254 g/mol. The van der Waals surface area contributed by atoms with Crippen LogP contribution in [0.1, 0.15) is 11.4 Å². The third-order valence-corrected chi connectivity index (χ3v) is 3.70. The first-order chi connectivity index (χ1) is 8.38. The second kappa shape index (κ2) is 4.34. The lowest BCUT2D eigenvalue weighted by atomic mass is 10.2. The average molecular weight is 267 g/mol. The van der Waals surface area contributed by atoms with Gasteiger partial charge < -0.3 is 10.1 Å². The van der Waals surface area contributed by atoms with Crippen LogP contribution in [0.15, 0.2) is 29.4 Å². The highest BCUT2D eigenvalue weighted by Crippen LogP contribution is 2.22. The highest BCUT2D eigenvalue weighted by molar-refractivity contribution is 7.92. The number of aromatic hydroxyl groups is 1. The summed E-state index contributed by atoms with van der Waals surface area (Å²) in [5.74, 6) is 0.616. The summed E-state index contributed by atoms with van der Waals surface area (Å²) in [5, 5.41) is 9.27. The van der Waals surface area contributed by atoms with Crippen LogP contribution in [0.5, 0.6) is 5.75 Å². The zero-order valence-corrected chi connectivity index (χ0v) is 10.7. The molecule has 0 bridgehead atoms. The highest BCUT2D eigenvalue weighted by atomic mass is 32.2. The van der Waals surface area contributed by atoms with Crippen molar-refractivity contribution < 1.29 is 13.5 Å². The van der Waals surface area contributed by atoms with Crippen molar-refractivity contribution in [1.29, 1.82) is 0 Å². The maximum Gasteiger partial charge on any atom is 0.278 e. The van der Waals surface area contributed by atoms with Crippen molar-refractivity contribution in [3.05, 3.63) is 35.8 Å². The van der Waals surface area contributed by atoms with Gasteiger partial charge in [0.05, 0.1) is 11.9 Å². The molecule has 18 heavy (non-hydrogen) atoms. The number of anilines is 1. The van der Waals surface area contributed by atoms with Gasteiger partial charge in [0, 0.05) is 0 Å². The van der Waals surface area contributed by atoms with Crippen molar-refractivity contribution in [3.8, 4) is 5.75 Å². The van der Waals surface area contributed by atoms with E-state index in [-0.39, 0.29) is 10.8 Å². The van der Waals surface area contributed by atoms with E-state index in [2.05, 4.69) is 14.7 Å². The Hall–Kier alpha value is -2.02. The van der Waals surface area contributed by atoms with Gasteiger partial charge in [-0.1, -0.05) is 0 Å². The molecule has 6 nitrogen and oxygen atoms in total. The normalized spacial score (nSPS) is 11.4. The van der Waals surface area contributed by atoms with Crippen molar-refractivity contribution >= 4 is 15.7 Å². The van der Waals surface area contributed by atoms with Gasteiger partial charge in [0.15, 0.2) is 5.03 Å². The van der Waals surface area contributed by atoms with Gasteiger partial charge in [-0.25, -0.2) is 4.98 Å². The second-order valence-electron chi connectivity index (χ2n) is 3.94. The summed E-state index contributed by atoms with van der Waals surface area (Å²) in [6.07, 6.45) is 1.26. The lowest BCUT2D eigenvalue weighted by Crippen LogP contribution is -2.14. The van der Waals surface area contributed by atoms with E-state index in [4.69, 9.17) is 0 Å². The van der Waals surface area contributed by atoms with Crippen LogP contribution in [0.2, 0.25) is 0 Å². The fourth-order valence-corrected chi connectivity index (χ4v) is 2.60. The van der Waals surface area contributed by atoms with Crippen LogP contribution in [0, 0.1) is 13.8 Å². The number of hydrogen-bond acceptors (Lipinski definition) is 4. The van der Waals surface area contributed by atoms with Gasteiger partial charge in [-0.2, -0.15) is 8.42 Å². The summed E-state index contributed by atoms with van der Waals surface area (Å²) in [6.45, 7) is 3.38. The number of aromatic amines is 1. The molecule has 0 amide bonds. The van der Waals surface area contributed by atoms with Crippen LogP contribution in [0.4, 0.5) is 5.69 Å². The number of nitrogens with zero attached hydrogens (tertiary/aromatic N) is 1. The topological polar surface area (TPSA) is 95.1 Å². The lowest BCUT2D eigenvalue weighted by molar-refractivity contribution is 0.475. The summed E-state index contributed by atoms with van der Waals surface area (Å²) in [5.41, 5.74) is 1.05. The largest absolute Gasteiger partial charge is 0.508 e. The number of benzene rings is 1. The third kappa shape index (κ3) is 2.45. The van der Waals surface area contributed by atoms with Gasteiger partial charge in [0.25, 0.3) is 10.0 Å². The van der Waals surface area contributed by atoms with Crippen LogP contribution < -0.4 is 4.72 Å². The molecule has 0 aliphatic heterocycles. The molecule has 0 fully saturated rings. The van der Waals surface area contributed by atoms with E-state index in [9.17, 15) is 13.5 Å². The van der Waals surface area contributed by atoms with Crippen LogP contribution in [-0.2, 0) is 10.0 Å². The van der Waals surface area contributed by atoms with Crippen LogP contribution >= 0.6 is 0 Å². The summed E-state index contributed by atoms with van der Waals surface area (Å²) in [6, 6.07) is 4.41. The zero-order valence-electron chi connectivity index (χ0n) is 9.93. The van der Waals surface area contributed by atoms with Gasteiger partial charge in [-0.3, -0.25) is 4.72 Å². The Morgan fingerprint density at radius 3 is 2.61 bits per heavy atom. The van der Waals surface area contributed by atoms with E-state index in [0.29, 0.717) is 17.1 Å². The maximum atomic E-state index is 12.0. The van der Waals surface area contributed by atoms with E-state index in [1.165, 1.54) is 24.4 Å². The van der Waals surface area contributed by atoms with E-state index in [1.807, 2.05) is 0 Å². The van der Waals surface area contributed by atoms with Crippen LogP contribution in [0.3, 0.4) is 0 Å². The summed E-state index contributed by atoms with van der Waals surface area (Å²) < 4.78 is 26.4. The summed E-state index contributed by atoms with van der Waals surface area (Å²) in [7, 11) is -3.68. The molecule has 2 aromatic rings. The number of nitrogens with one attached hydrogen (secondary N) is 2. The molecule has 0 spiro atoms. The lowest BCUT2D eigenvalue weighted by Gasteiger charge is -2.09. The van der Waals surface area contributed by atoms with Crippen LogP contribution in [0.25, 0.3) is 0 Å². The molecule has 0 aliphatic carbocycles. The fourth-order valence-electron chi connectivity index (χ4n) is 1.50. The maximum absolute atomic E-state index is 12.0. The van der Waals surface area contributed by atoms with Gasteiger partial charge in [0.2, 0.25) is 0 Å². The average Bonchev–Trinajstić information content (AvgIpc) is 2.70. The van der Waals surface area contributed by atoms with E-state index < -0.39 is 10.0 Å². The van der Waals surface area contributed by atoms with E-state index >= 15 is 0 Å². The smallest absolute Gasteiger partial charge is 0.278 e.